The number of carbonyl (C=O) groups excluding carboxylic acids is 1. The van der Waals surface area contributed by atoms with Gasteiger partial charge in [-0.1, -0.05) is 0 Å². The maximum Gasteiger partial charge on any atom is 0.223 e. The number of hydrogen-bond donors (Lipinski definition) is 1. The van der Waals surface area contributed by atoms with Crippen LogP contribution in [-0.4, -0.2) is 12.5 Å². The molecule has 104 valence electrons. The average Bonchev–Trinajstić information content (AvgIpc) is 3.01. The first kappa shape index (κ1) is 13.2. The van der Waals surface area contributed by atoms with Gasteiger partial charge >= 0.3 is 0 Å². The molecule has 1 aliphatic heterocycles. The largest absolute Gasteiger partial charge is 0.380 e. The van der Waals surface area contributed by atoms with E-state index in [1.807, 2.05) is 22.3 Å². The minimum Gasteiger partial charge on any atom is -0.380 e. The van der Waals surface area contributed by atoms with E-state index < -0.39 is 0 Å². The van der Waals surface area contributed by atoms with Gasteiger partial charge in [0.25, 0.3) is 0 Å². The van der Waals surface area contributed by atoms with Crippen molar-refractivity contribution in [2.24, 2.45) is 0 Å². The van der Waals surface area contributed by atoms with Crippen molar-refractivity contribution in [3.8, 4) is 0 Å². The van der Waals surface area contributed by atoms with Gasteiger partial charge in [-0.3, -0.25) is 4.79 Å². The van der Waals surface area contributed by atoms with E-state index in [0.717, 1.165) is 30.9 Å². The molecule has 0 saturated heterocycles. The van der Waals surface area contributed by atoms with Crippen LogP contribution < -0.4 is 10.2 Å². The molecule has 1 aromatic carbocycles. The lowest BCUT2D eigenvalue weighted by atomic mass is 10.1. The standard InChI is InChI=1S/C16H18N2OS/c1-11-3-5-15(20-11)10-17-14-4-6-16-13(9-14)7-8-18(16)12(2)19/h3-6,9,17H,7-8,10H2,1-2H3. The van der Waals surface area contributed by atoms with E-state index in [2.05, 4.69) is 36.5 Å². The number of anilines is 2. The van der Waals surface area contributed by atoms with Crippen LogP contribution in [0.5, 0.6) is 0 Å². The van der Waals surface area contributed by atoms with Crippen LogP contribution >= 0.6 is 11.3 Å². The van der Waals surface area contributed by atoms with Crippen molar-refractivity contribution >= 4 is 28.6 Å². The summed E-state index contributed by atoms with van der Waals surface area (Å²) in [6.07, 6.45) is 0.947. The molecule has 0 unspecified atom stereocenters. The van der Waals surface area contributed by atoms with Crippen LogP contribution in [0.25, 0.3) is 0 Å². The number of rotatable bonds is 3. The van der Waals surface area contributed by atoms with E-state index in [4.69, 9.17) is 0 Å². The van der Waals surface area contributed by atoms with E-state index >= 15 is 0 Å². The fraction of sp³-hybridized carbons (Fsp3) is 0.312. The summed E-state index contributed by atoms with van der Waals surface area (Å²) in [4.78, 5) is 16.0. The van der Waals surface area contributed by atoms with Gasteiger partial charge in [0, 0.05) is 41.1 Å². The third-order valence-corrected chi connectivity index (χ3v) is 4.62. The highest BCUT2D eigenvalue weighted by Gasteiger charge is 2.21. The van der Waals surface area contributed by atoms with Crippen molar-refractivity contribution in [2.45, 2.75) is 26.8 Å². The highest BCUT2D eigenvalue weighted by Crippen LogP contribution is 2.30. The highest BCUT2D eigenvalue weighted by atomic mass is 32.1. The van der Waals surface area contributed by atoms with Crippen molar-refractivity contribution in [1.82, 2.24) is 0 Å². The Hall–Kier alpha value is -1.81. The Labute approximate surface area is 123 Å². The molecule has 1 aliphatic rings. The first-order valence-electron chi connectivity index (χ1n) is 6.84. The van der Waals surface area contributed by atoms with Crippen molar-refractivity contribution in [2.75, 3.05) is 16.8 Å². The zero-order valence-corrected chi connectivity index (χ0v) is 12.6. The minimum absolute atomic E-state index is 0.124. The summed E-state index contributed by atoms with van der Waals surface area (Å²) in [5.74, 6) is 0.124. The van der Waals surface area contributed by atoms with E-state index in [9.17, 15) is 4.79 Å². The van der Waals surface area contributed by atoms with Gasteiger partial charge < -0.3 is 10.2 Å². The number of thiophene rings is 1. The summed E-state index contributed by atoms with van der Waals surface area (Å²) in [5.41, 5.74) is 3.45. The summed E-state index contributed by atoms with van der Waals surface area (Å²) in [5, 5.41) is 3.46. The molecule has 0 aliphatic carbocycles. The molecular weight excluding hydrogens is 268 g/mol. The predicted molar refractivity (Wildman–Crippen MR) is 84.6 cm³/mol. The van der Waals surface area contributed by atoms with Gasteiger partial charge in [0.15, 0.2) is 0 Å². The predicted octanol–water partition coefficient (Wildman–Crippen LogP) is 3.58. The smallest absolute Gasteiger partial charge is 0.223 e. The summed E-state index contributed by atoms with van der Waals surface area (Å²) >= 11 is 1.82. The van der Waals surface area contributed by atoms with Crippen molar-refractivity contribution in [3.63, 3.8) is 0 Å². The maximum atomic E-state index is 11.5. The van der Waals surface area contributed by atoms with E-state index in [0.29, 0.717) is 0 Å². The molecule has 0 radical (unpaired) electrons. The quantitative estimate of drug-likeness (QED) is 0.935. The van der Waals surface area contributed by atoms with Gasteiger partial charge in [-0.15, -0.1) is 11.3 Å². The van der Waals surface area contributed by atoms with Gasteiger partial charge in [-0.05, 0) is 49.2 Å². The third kappa shape index (κ3) is 2.56. The van der Waals surface area contributed by atoms with Crippen molar-refractivity contribution in [3.05, 3.63) is 45.6 Å². The number of fused-ring (bicyclic) bond motifs is 1. The Morgan fingerprint density at radius 1 is 1.35 bits per heavy atom. The average molecular weight is 286 g/mol. The lowest BCUT2D eigenvalue weighted by molar-refractivity contribution is -0.116. The topological polar surface area (TPSA) is 32.3 Å². The second kappa shape index (κ2) is 5.29. The lowest BCUT2D eigenvalue weighted by Gasteiger charge is -2.15. The van der Waals surface area contributed by atoms with Crippen LogP contribution in [0.4, 0.5) is 11.4 Å². The fourth-order valence-electron chi connectivity index (χ4n) is 2.61. The second-order valence-corrected chi connectivity index (χ2v) is 6.50. The molecule has 4 heteroatoms. The Kier molecular flexibility index (Phi) is 3.49. The first-order chi connectivity index (χ1) is 9.63. The number of amides is 1. The van der Waals surface area contributed by atoms with Gasteiger partial charge in [0.2, 0.25) is 5.91 Å². The summed E-state index contributed by atoms with van der Waals surface area (Å²) in [6, 6.07) is 10.6. The molecule has 3 nitrogen and oxygen atoms in total. The minimum atomic E-state index is 0.124. The van der Waals surface area contributed by atoms with Gasteiger partial charge in [-0.25, -0.2) is 0 Å². The van der Waals surface area contributed by atoms with Crippen LogP contribution in [-0.2, 0) is 17.8 Å². The van der Waals surface area contributed by atoms with Crippen LogP contribution in [0, 0.1) is 6.92 Å². The number of hydrogen-bond acceptors (Lipinski definition) is 3. The molecule has 0 bridgehead atoms. The number of nitrogens with one attached hydrogen (secondary N) is 1. The molecule has 0 saturated carbocycles. The molecule has 3 rings (SSSR count). The Morgan fingerprint density at radius 2 is 2.20 bits per heavy atom. The number of carbonyl (C=O) groups is 1. The monoisotopic (exact) mass is 286 g/mol. The zero-order chi connectivity index (χ0) is 14.1. The highest BCUT2D eigenvalue weighted by molar-refractivity contribution is 7.11. The molecule has 2 aromatic rings. The number of nitrogens with zero attached hydrogens (tertiary/aromatic N) is 1. The number of benzene rings is 1. The Bertz CT molecular complexity index is 648. The molecule has 1 N–H and O–H groups in total. The molecule has 2 heterocycles. The summed E-state index contributed by atoms with van der Waals surface area (Å²) in [7, 11) is 0. The number of aryl methyl sites for hydroxylation is 1. The lowest BCUT2D eigenvalue weighted by Crippen LogP contribution is -2.25. The molecular formula is C16H18N2OS. The molecule has 0 fully saturated rings. The molecule has 20 heavy (non-hydrogen) atoms. The van der Waals surface area contributed by atoms with Gasteiger partial charge in [0.05, 0.1) is 0 Å². The van der Waals surface area contributed by atoms with Gasteiger partial charge in [0.1, 0.15) is 0 Å². The van der Waals surface area contributed by atoms with Crippen LogP contribution in [0.2, 0.25) is 0 Å². The Balaban J connectivity index is 1.72. The van der Waals surface area contributed by atoms with Crippen LogP contribution in [0.1, 0.15) is 22.2 Å². The molecule has 1 aromatic heterocycles. The SMILES string of the molecule is CC(=O)N1CCc2cc(NCc3ccc(C)s3)ccc21. The van der Waals surface area contributed by atoms with Crippen LogP contribution in [0.15, 0.2) is 30.3 Å². The van der Waals surface area contributed by atoms with Crippen molar-refractivity contribution in [1.29, 1.82) is 0 Å². The van der Waals surface area contributed by atoms with Crippen molar-refractivity contribution < 1.29 is 4.79 Å². The van der Waals surface area contributed by atoms with E-state index in [-0.39, 0.29) is 5.91 Å². The fourth-order valence-corrected chi connectivity index (χ4v) is 3.44. The maximum absolute atomic E-state index is 11.5. The van der Waals surface area contributed by atoms with Crippen LogP contribution in [0.3, 0.4) is 0 Å². The normalized spacial score (nSPS) is 13.4. The second-order valence-electron chi connectivity index (χ2n) is 5.13. The third-order valence-electron chi connectivity index (χ3n) is 3.62. The molecule has 1 amide bonds. The zero-order valence-electron chi connectivity index (χ0n) is 11.8. The van der Waals surface area contributed by atoms with E-state index in [1.54, 1.807) is 6.92 Å². The molecule has 0 atom stereocenters. The molecule has 0 spiro atoms. The Morgan fingerprint density at radius 3 is 2.90 bits per heavy atom. The summed E-state index contributed by atoms with van der Waals surface area (Å²) in [6.45, 7) is 5.41. The van der Waals surface area contributed by atoms with Gasteiger partial charge in [-0.2, -0.15) is 0 Å². The first-order valence-corrected chi connectivity index (χ1v) is 7.65. The summed E-state index contributed by atoms with van der Waals surface area (Å²) < 4.78 is 0. The van der Waals surface area contributed by atoms with E-state index in [1.165, 1.54) is 15.3 Å².